The molecule has 0 saturated carbocycles. The molecule has 2 atom stereocenters. The van der Waals surface area contributed by atoms with Crippen molar-refractivity contribution in [2.45, 2.75) is 39.2 Å². The molecule has 0 bridgehead atoms. The average molecular weight is 205 g/mol. The molecule has 1 nitrogen and oxygen atoms in total. The van der Waals surface area contributed by atoms with Crippen molar-refractivity contribution in [2.24, 2.45) is 5.92 Å². The maximum Gasteiger partial charge on any atom is 0.00871 e. The van der Waals surface area contributed by atoms with Gasteiger partial charge in [0, 0.05) is 6.04 Å². The van der Waals surface area contributed by atoms with Crippen LogP contribution in [-0.2, 0) is 6.42 Å². The molecule has 0 amide bonds. The van der Waals surface area contributed by atoms with E-state index in [1.165, 1.54) is 24.8 Å². The molecule has 1 rings (SSSR count). The molecule has 0 aliphatic rings. The summed E-state index contributed by atoms with van der Waals surface area (Å²) in [5, 5.41) is 3.39. The first kappa shape index (κ1) is 12.3. The monoisotopic (exact) mass is 205 g/mol. The van der Waals surface area contributed by atoms with E-state index in [1.807, 2.05) is 0 Å². The largest absolute Gasteiger partial charge is 0.317 e. The van der Waals surface area contributed by atoms with Crippen LogP contribution in [0.2, 0.25) is 0 Å². The lowest BCUT2D eigenvalue weighted by Gasteiger charge is -2.22. The van der Waals surface area contributed by atoms with Gasteiger partial charge in [-0.1, -0.05) is 44.2 Å². The highest BCUT2D eigenvalue weighted by Gasteiger charge is 2.12. The van der Waals surface area contributed by atoms with Crippen LogP contribution in [0.3, 0.4) is 0 Å². The molecular formula is C14H23N. The van der Waals surface area contributed by atoms with Crippen molar-refractivity contribution in [1.82, 2.24) is 5.32 Å². The molecule has 15 heavy (non-hydrogen) atoms. The molecule has 0 aliphatic carbocycles. The summed E-state index contributed by atoms with van der Waals surface area (Å²) in [6.07, 6.45) is 3.68. The number of hydrogen-bond donors (Lipinski definition) is 1. The highest BCUT2D eigenvalue weighted by Crippen LogP contribution is 2.14. The average Bonchev–Trinajstić information content (AvgIpc) is 2.29. The molecule has 1 aromatic rings. The van der Waals surface area contributed by atoms with E-state index in [9.17, 15) is 0 Å². The number of nitrogens with one attached hydrogen (secondary N) is 1. The third-order valence-electron chi connectivity index (χ3n) is 3.23. The predicted molar refractivity (Wildman–Crippen MR) is 67.1 cm³/mol. The minimum atomic E-state index is 0.661. The second-order valence-corrected chi connectivity index (χ2v) is 4.30. The maximum atomic E-state index is 3.39. The van der Waals surface area contributed by atoms with Crippen molar-refractivity contribution < 1.29 is 0 Å². The SMILES string of the molecule is CCC(NC)C(C)CCc1ccccc1. The summed E-state index contributed by atoms with van der Waals surface area (Å²) >= 11 is 0. The summed E-state index contributed by atoms with van der Waals surface area (Å²) < 4.78 is 0. The van der Waals surface area contributed by atoms with Crippen LogP contribution in [0.4, 0.5) is 0 Å². The number of benzene rings is 1. The van der Waals surface area contributed by atoms with Crippen molar-refractivity contribution in [1.29, 1.82) is 0 Å². The van der Waals surface area contributed by atoms with E-state index in [0.29, 0.717) is 6.04 Å². The van der Waals surface area contributed by atoms with E-state index in [1.54, 1.807) is 0 Å². The van der Waals surface area contributed by atoms with Crippen LogP contribution >= 0.6 is 0 Å². The first-order chi connectivity index (χ1) is 7.27. The Kier molecular flexibility index (Phi) is 5.41. The van der Waals surface area contributed by atoms with E-state index >= 15 is 0 Å². The summed E-state index contributed by atoms with van der Waals surface area (Å²) in [4.78, 5) is 0. The molecule has 1 aromatic carbocycles. The van der Waals surface area contributed by atoms with Crippen molar-refractivity contribution in [3.63, 3.8) is 0 Å². The van der Waals surface area contributed by atoms with Gasteiger partial charge < -0.3 is 5.32 Å². The van der Waals surface area contributed by atoms with Crippen LogP contribution in [0.5, 0.6) is 0 Å². The Balaban J connectivity index is 2.36. The Hall–Kier alpha value is -0.820. The zero-order chi connectivity index (χ0) is 11.1. The van der Waals surface area contributed by atoms with Crippen molar-refractivity contribution >= 4 is 0 Å². The Morgan fingerprint density at radius 3 is 2.40 bits per heavy atom. The molecule has 84 valence electrons. The third kappa shape index (κ3) is 4.05. The van der Waals surface area contributed by atoms with Gasteiger partial charge in [-0.05, 0) is 37.8 Å². The fraction of sp³-hybridized carbons (Fsp3) is 0.571. The summed E-state index contributed by atoms with van der Waals surface area (Å²) in [6.45, 7) is 4.59. The second kappa shape index (κ2) is 6.62. The Labute approximate surface area is 93.9 Å². The van der Waals surface area contributed by atoms with Crippen LogP contribution in [0, 0.1) is 5.92 Å². The molecule has 0 fully saturated rings. The van der Waals surface area contributed by atoms with Crippen molar-refractivity contribution in [3.8, 4) is 0 Å². The topological polar surface area (TPSA) is 12.0 Å². The van der Waals surface area contributed by atoms with Crippen molar-refractivity contribution in [2.75, 3.05) is 7.05 Å². The van der Waals surface area contributed by atoms with Gasteiger partial charge in [-0.15, -0.1) is 0 Å². The fourth-order valence-electron chi connectivity index (χ4n) is 2.13. The van der Waals surface area contributed by atoms with E-state index in [0.717, 1.165) is 5.92 Å². The van der Waals surface area contributed by atoms with Gasteiger partial charge in [0.15, 0.2) is 0 Å². The summed E-state index contributed by atoms with van der Waals surface area (Å²) in [5.74, 6) is 0.750. The van der Waals surface area contributed by atoms with Crippen LogP contribution in [-0.4, -0.2) is 13.1 Å². The lowest BCUT2D eigenvalue weighted by molar-refractivity contribution is 0.368. The Morgan fingerprint density at radius 1 is 1.20 bits per heavy atom. The molecular weight excluding hydrogens is 182 g/mol. The smallest absolute Gasteiger partial charge is 0.00871 e. The molecule has 0 spiro atoms. The van der Waals surface area contributed by atoms with Gasteiger partial charge in [0.1, 0.15) is 0 Å². The number of hydrogen-bond acceptors (Lipinski definition) is 1. The fourth-order valence-corrected chi connectivity index (χ4v) is 2.13. The van der Waals surface area contributed by atoms with Crippen molar-refractivity contribution in [3.05, 3.63) is 35.9 Å². The second-order valence-electron chi connectivity index (χ2n) is 4.30. The van der Waals surface area contributed by atoms with Gasteiger partial charge in [-0.2, -0.15) is 0 Å². The van der Waals surface area contributed by atoms with Crippen LogP contribution in [0.15, 0.2) is 30.3 Å². The quantitative estimate of drug-likeness (QED) is 0.751. The van der Waals surface area contributed by atoms with E-state index < -0.39 is 0 Å². The van der Waals surface area contributed by atoms with Gasteiger partial charge in [-0.3, -0.25) is 0 Å². The zero-order valence-electron chi connectivity index (χ0n) is 10.2. The normalized spacial score (nSPS) is 14.9. The molecule has 1 heteroatoms. The van der Waals surface area contributed by atoms with Crippen LogP contribution in [0.1, 0.15) is 32.3 Å². The van der Waals surface area contributed by atoms with Gasteiger partial charge in [0.25, 0.3) is 0 Å². The van der Waals surface area contributed by atoms with Gasteiger partial charge in [-0.25, -0.2) is 0 Å². The standard InChI is InChI=1S/C14H23N/c1-4-14(15-3)12(2)10-11-13-8-6-5-7-9-13/h5-9,12,14-15H,4,10-11H2,1-3H3. The molecule has 0 aliphatic heterocycles. The van der Waals surface area contributed by atoms with E-state index in [4.69, 9.17) is 0 Å². The summed E-state index contributed by atoms with van der Waals surface area (Å²) in [7, 11) is 2.06. The van der Waals surface area contributed by atoms with Gasteiger partial charge >= 0.3 is 0 Å². The number of aryl methyl sites for hydroxylation is 1. The molecule has 0 saturated heterocycles. The highest BCUT2D eigenvalue weighted by molar-refractivity contribution is 5.14. The number of rotatable bonds is 6. The first-order valence-corrected chi connectivity index (χ1v) is 5.99. The summed E-state index contributed by atoms with van der Waals surface area (Å²) in [5.41, 5.74) is 1.45. The Bertz CT molecular complexity index is 251. The highest BCUT2D eigenvalue weighted by atomic mass is 14.9. The summed E-state index contributed by atoms with van der Waals surface area (Å²) in [6, 6.07) is 11.4. The third-order valence-corrected chi connectivity index (χ3v) is 3.23. The molecule has 0 radical (unpaired) electrons. The molecule has 0 heterocycles. The van der Waals surface area contributed by atoms with Gasteiger partial charge in [0.2, 0.25) is 0 Å². The predicted octanol–water partition coefficient (Wildman–Crippen LogP) is 3.25. The lowest BCUT2D eigenvalue weighted by Crippen LogP contribution is -2.31. The minimum absolute atomic E-state index is 0.661. The van der Waals surface area contributed by atoms with E-state index in [-0.39, 0.29) is 0 Å². The maximum absolute atomic E-state index is 3.39. The minimum Gasteiger partial charge on any atom is -0.317 e. The molecule has 0 aromatic heterocycles. The first-order valence-electron chi connectivity index (χ1n) is 5.99. The molecule has 2 unspecified atom stereocenters. The zero-order valence-corrected chi connectivity index (χ0v) is 10.2. The Morgan fingerprint density at radius 2 is 1.87 bits per heavy atom. The van der Waals surface area contributed by atoms with Crippen LogP contribution < -0.4 is 5.32 Å². The van der Waals surface area contributed by atoms with Crippen LogP contribution in [0.25, 0.3) is 0 Å². The van der Waals surface area contributed by atoms with E-state index in [2.05, 4.69) is 56.5 Å². The van der Waals surface area contributed by atoms with Gasteiger partial charge in [0.05, 0.1) is 0 Å². The molecule has 1 N–H and O–H groups in total. The lowest BCUT2D eigenvalue weighted by atomic mass is 9.93.